The van der Waals surface area contributed by atoms with Gasteiger partial charge in [0.05, 0.1) is 0 Å². The van der Waals surface area contributed by atoms with Gasteiger partial charge in [-0.05, 0) is 0 Å². The Morgan fingerprint density at radius 2 is 0.627 bits per heavy atom. The molecule has 6 aromatic carbocycles. The van der Waals surface area contributed by atoms with Crippen LogP contribution in [0.2, 0.25) is 0 Å². The Morgan fingerprint density at radius 1 is 0.293 bits per heavy atom. The Balaban J connectivity index is -0.0000000616. The van der Waals surface area contributed by atoms with Gasteiger partial charge in [0.1, 0.15) is 0 Å². The first-order valence-corrected chi connectivity index (χ1v) is 20.0. The summed E-state index contributed by atoms with van der Waals surface area (Å²) < 4.78 is 14.6. The van der Waals surface area contributed by atoms with Gasteiger partial charge in [0.2, 0.25) is 0 Å². The third-order valence-corrected chi connectivity index (χ3v) is 8.44. The van der Waals surface area contributed by atoms with Crippen LogP contribution in [-0.4, -0.2) is 21.3 Å². The summed E-state index contributed by atoms with van der Waals surface area (Å²) in [5.74, 6) is 0. The van der Waals surface area contributed by atoms with Crippen molar-refractivity contribution in [2.24, 2.45) is 0 Å². The quantitative estimate of drug-likeness (QED) is 0.0959. The second-order valence-corrected chi connectivity index (χ2v) is 12.7. The molecule has 0 N–H and O–H groups in total. The molecule has 0 fully saturated rings. The zero-order valence-corrected chi connectivity index (χ0v) is 78.8. The monoisotopic (exact) mass is 1900 g/mol. The van der Waals surface area contributed by atoms with E-state index in [0.29, 0.717) is 0 Å². The minimum atomic E-state index is 0. The second-order valence-electron chi connectivity index (χ2n) is 12.7. The van der Waals surface area contributed by atoms with Crippen LogP contribution in [0.1, 0.15) is 87.5 Å². The molecule has 0 aliphatic carbocycles. The van der Waals surface area contributed by atoms with Gasteiger partial charge in [-0.2, -0.15) is 153 Å². The molecule has 366 valence electrons. The predicted octanol–water partition coefficient (Wildman–Crippen LogP) is 14.3. The number of ether oxygens (including phenoxy) is 3. The van der Waals surface area contributed by atoms with Crippen LogP contribution in [0.15, 0.2) is 185 Å². The SMILES string of the molecule is C=[C-]c1ccc([CH-]C)cc1.C=[C-]c1ccc([CH-]OC)cc1.C=[C-]c1cccc([CH-]C)c1.C=[C-]c1cccc([CH-]OC)c1.C=[C-]c1ccccc1[CH-]C.C=[C-]c1ccccc1[CH-]OC.[Y].[Y].[Y].[Y].[Y].[Y].[Y].[Y].[Y].[Y].[Y].[Y]. The van der Waals surface area contributed by atoms with Crippen LogP contribution >= 0.6 is 0 Å². The molecule has 0 heterocycles. The van der Waals surface area contributed by atoms with E-state index in [-0.39, 0.29) is 393 Å². The van der Waals surface area contributed by atoms with Gasteiger partial charge in [0.15, 0.2) is 0 Å². The molecule has 0 atom stereocenters. The Labute approximate surface area is 758 Å². The van der Waals surface area contributed by atoms with Crippen molar-refractivity contribution in [1.82, 2.24) is 0 Å². The normalized spacial score (nSPS) is 7.60. The summed E-state index contributed by atoms with van der Waals surface area (Å²) in [6.45, 7) is 32.5. The number of benzene rings is 6. The number of hydrogen-bond acceptors (Lipinski definition) is 3. The first-order valence-electron chi connectivity index (χ1n) is 20.0. The van der Waals surface area contributed by atoms with Crippen molar-refractivity contribution in [1.29, 1.82) is 0 Å². The van der Waals surface area contributed by atoms with E-state index in [2.05, 4.69) is 94.8 Å². The Bertz CT molecular complexity index is 2220. The van der Waals surface area contributed by atoms with Crippen LogP contribution < -0.4 is 0 Å². The molecule has 6 rings (SSSR count). The van der Waals surface area contributed by atoms with Crippen LogP contribution in [0.4, 0.5) is 0 Å². The largest absolute Gasteiger partial charge is 0.429 e. The van der Waals surface area contributed by atoms with Crippen LogP contribution in [0.5, 0.6) is 0 Å². The van der Waals surface area contributed by atoms with E-state index in [1.807, 2.05) is 167 Å². The van der Waals surface area contributed by atoms with Crippen LogP contribution in [0.3, 0.4) is 0 Å². The van der Waals surface area contributed by atoms with E-state index in [1.54, 1.807) is 41.2 Å². The minimum absolute atomic E-state index is 0. The van der Waals surface area contributed by atoms with Crippen molar-refractivity contribution in [3.63, 3.8) is 0 Å². The molecule has 0 amide bonds. The average molecular weight is 1900 g/mol. The van der Waals surface area contributed by atoms with Crippen molar-refractivity contribution in [3.05, 3.63) is 327 Å². The van der Waals surface area contributed by atoms with E-state index in [9.17, 15) is 0 Å². The molecule has 0 bridgehead atoms. The van der Waals surface area contributed by atoms with Gasteiger partial charge < -0.3 is 14.2 Å². The first-order chi connectivity index (χ1) is 30.7. The molecular formula is C60H60O3Y12-12. The molecule has 0 saturated carbocycles. The number of hydrogen-bond donors (Lipinski definition) is 0. The van der Waals surface area contributed by atoms with E-state index in [0.717, 1.165) is 50.1 Å². The third-order valence-electron chi connectivity index (χ3n) is 8.44. The van der Waals surface area contributed by atoms with E-state index < -0.39 is 0 Å². The summed E-state index contributed by atoms with van der Waals surface area (Å²) in [5.41, 5.74) is 12.8. The van der Waals surface area contributed by atoms with Gasteiger partial charge in [-0.1, -0.05) is 27.1 Å². The van der Waals surface area contributed by atoms with Gasteiger partial charge in [-0.3, -0.25) is 34.4 Å². The summed E-state index contributed by atoms with van der Waals surface area (Å²) >= 11 is 0. The first kappa shape index (κ1) is 109. The van der Waals surface area contributed by atoms with Crippen LogP contribution in [0, 0.1) is 75.5 Å². The minimum Gasteiger partial charge on any atom is -0.429 e. The van der Waals surface area contributed by atoms with Crippen LogP contribution in [-0.2, 0) is 407 Å². The molecule has 0 spiro atoms. The van der Waals surface area contributed by atoms with Gasteiger partial charge in [-0.15, -0.1) is 37.8 Å². The molecule has 0 aliphatic heterocycles. The summed E-state index contributed by atoms with van der Waals surface area (Å²) in [7, 11) is 4.89. The standard InChI is InChI=1S/3C10H10O.3C10H10.12Y/c1-3-9-4-6-10(7-5-9)8-11-2;1-3-9-5-4-6-10(7-9)8-11-2;1-3-9-6-4-5-7-10(9)8-11-2;1-3-9-5-7-10(4-2)8-6-9;1-3-9-6-5-7-10(4-2)8-9;1-3-9-7-5-6-8-10(9)4-2;;;;;;;;;;;;/h3*4-8H,1H2,2H3;3*4-8H,1H2,2H3;;;;;;;;;;;;/q6*-2;;;;;;;;;;;;. The van der Waals surface area contributed by atoms with Gasteiger partial charge >= 0.3 is 0 Å². The van der Waals surface area contributed by atoms with Crippen LogP contribution in [0.25, 0.3) is 0 Å². The van der Waals surface area contributed by atoms with E-state index in [4.69, 9.17) is 14.2 Å². The molecule has 0 aromatic heterocycles. The van der Waals surface area contributed by atoms with Crippen molar-refractivity contribution >= 4 is 0 Å². The molecule has 3 nitrogen and oxygen atoms in total. The van der Waals surface area contributed by atoms with Crippen molar-refractivity contribution in [2.45, 2.75) is 20.8 Å². The van der Waals surface area contributed by atoms with E-state index in [1.165, 1.54) is 16.7 Å². The average Bonchev–Trinajstić information content (AvgIpc) is 3.35. The zero-order chi connectivity index (χ0) is 46.5. The van der Waals surface area contributed by atoms with Gasteiger partial charge in [0, 0.05) is 414 Å². The molecular weight excluding hydrogens is 1840 g/mol. The topological polar surface area (TPSA) is 27.7 Å². The smallest absolute Gasteiger partial charge is 0.0259 e. The molecule has 0 unspecified atom stereocenters. The molecule has 6 aromatic rings. The predicted molar refractivity (Wildman–Crippen MR) is 265 cm³/mol. The fraction of sp³-hybridized carbons (Fsp3) is 0.100. The number of methoxy groups -OCH3 is 3. The Hall–Kier alpha value is 6.11. The fourth-order valence-corrected chi connectivity index (χ4v) is 5.09. The molecule has 0 saturated heterocycles. The zero-order valence-electron chi connectivity index (χ0n) is 44.7. The summed E-state index contributed by atoms with van der Waals surface area (Å²) in [5, 5.41) is 0. The summed E-state index contributed by atoms with van der Waals surface area (Å²) in [4.78, 5) is 0. The number of rotatable bonds is 15. The third kappa shape index (κ3) is 54.0. The van der Waals surface area contributed by atoms with Crippen molar-refractivity contribution in [3.8, 4) is 0 Å². The maximum atomic E-state index is 4.88. The van der Waals surface area contributed by atoms with Crippen molar-refractivity contribution < 1.29 is 407 Å². The molecule has 75 heavy (non-hydrogen) atoms. The summed E-state index contributed by atoms with van der Waals surface area (Å²) in [6.07, 6.45) is 23.1. The molecule has 12 radical (unpaired) electrons. The maximum absolute atomic E-state index is 4.88. The Kier molecular flexibility index (Phi) is 111. The molecule has 15 heteroatoms. The van der Waals surface area contributed by atoms with Crippen molar-refractivity contribution in [2.75, 3.05) is 21.3 Å². The van der Waals surface area contributed by atoms with Gasteiger partial charge in [-0.25, -0.2) is 95.9 Å². The fourth-order valence-electron chi connectivity index (χ4n) is 5.09. The van der Waals surface area contributed by atoms with E-state index >= 15 is 0 Å². The second kappa shape index (κ2) is 76.2. The maximum Gasteiger partial charge on any atom is 0.0259 e. The Morgan fingerprint density at radius 3 is 0.973 bits per heavy atom. The van der Waals surface area contributed by atoms with Gasteiger partial charge in [0.25, 0.3) is 0 Å². The molecule has 0 aliphatic rings. The summed E-state index contributed by atoms with van der Waals surface area (Å²) in [6, 6.07) is 47.6.